The number of nitrogens with zero attached hydrogens (tertiary/aromatic N) is 3. The first-order chi connectivity index (χ1) is 14.1. The number of nitrogens with one attached hydrogen (secondary N) is 1. The molecule has 1 atom stereocenters. The van der Waals surface area contributed by atoms with Crippen molar-refractivity contribution >= 4 is 33.4 Å². The summed E-state index contributed by atoms with van der Waals surface area (Å²) in [7, 11) is 1.50. The van der Waals surface area contributed by atoms with E-state index >= 15 is 0 Å². The average Bonchev–Trinajstić information content (AvgIpc) is 2.88. The molecule has 148 valence electrons. The monoisotopic (exact) mass is 472 g/mol. The van der Waals surface area contributed by atoms with Gasteiger partial charge in [0.15, 0.2) is 23.4 Å². The van der Waals surface area contributed by atoms with Crippen LogP contribution >= 0.6 is 27.7 Å². The fraction of sp³-hybridized carbons (Fsp3) is 0.150. The van der Waals surface area contributed by atoms with Gasteiger partial charge in [0.2, 0.25) is 11.0 Å². The maximum Gasteiger partial charge on any atom is 0.247 e. The summed E-state index contributed by atoms with van der Waals surface area (Å²) in [5.74, 6) is 1.45. The molecule has 1 aliphatic rings. The first-order valence-electron chi connectivity index (χ1n) is 8.67. The molecule has 4 rings (SSSR count). The third-order valence-corrected chi connectivity index (χ3v) is 5.55. The number of anilines is 1. The number of aromatic hydroxyl groups is 1. The minimum Gasteiger partial charge on any atom is -0.504 e. The second-order valence-electron chi connectivity index (χ2n) is 6.11. The van der Waals surface area contributed by atoms with Gasteiger partial charge in [0.25, 0.3) is 0 Å². The summed E-state index contributed by atoms with van der Waals surface area (Å²) in [6.45, 7) is 3.72. The molecule has 0 bridgehead atoms. The number of ether oxygens (including phenoxy) is 2. The van der Waals surface area contributed by atoms with Gasteiger partial charge in [-0.3, -0.25) is 0 Å². The van der Waals surface area contributed by atoms with E-state index in [1.165, 1.54) is 18.9 Å². The van der Waals surface area contributed by atoms with E-state index in [9.17, 15) is 5.11 Å². The minimum absolute atomic E-state index is 0.0571. The first-order valence-corrected chi connectivity index (χ1v) is 10.5. The van der Waals surface area contributed by atoms with Crippen molar-refractivity contribution in [3.63, 3.8) is 0 Å². The second-order valence-corrected chi connectivity index (χ2v) is 8.01. The van der Waals surface area contributed by atoms with Crippen molar-refractivity contribution in [1.82, 2.24) is 15.2 Å². The lowest BCUT2D eigenvalue weighted by atomic mass is 10.1. The molecule has 2 aromatic carbocycles. The van der Waals surface area contributed by atoms with Gasteiger partial charge in [-0.15, -0.1) is 16.8 Å². The maximum atomic E-state index is 9.92. The lowest BCUT2D eigenvalue weighted by Crippen LogP contribution is -2.17. The van der Waals surface area contributed by atoms with Gasteiger partial charge in [-0.05, 0) is 36.4 Å². The molecule has 2 N–H and O–H groups in total. The summed E-state index contributed by atoms with van der Waals surface area (Å²) >= 11 is 4.93. The summed E-state index contributed by atoms with van der Waals surface area (Å²) in [6.07, 6.45) is 1.21. The molecule has 1 aliphatic heterocycles. The number of thioether (sulfide) groups is 1. The largest absolute Gasteiger partial charge is 0.504 e. The van der Waals surface area contributed by atoms with E-state index < -0.39 is 6.23 Å². The van der Waals surface area contributed by atoms with E-state index in [1.807, 2.05) is 18.2 Å². The molecule has 29 heavy (non-hydrogen) atoms. The predicted octanol–water partition coefficient (Wildman–Crippen LogP) is 4.80. The molecule has 0 fully saturated rings. The summed E-state index contributed by atoms with van der Waals surface area (Å²) in [5.41, 5.74) is 2.96. The van der Waals surface area contributed by atoms with Gasteiger partial charge in [-0.25, -0.2) is 0 Å². The van der Waals surface area contributed by atoms with E-state index in [1.54, 1.807) is 24.3 Å². The SMILES string of the molecule is C=CCSc1nnc2c(n1)OC(c1ccc(O)c(OC)c1)Nc1ccc(Br)cc1-2. The van der Waals surface area contributed by atoms with Gasteiger partial charge in [0, 0.05) is 27.0 Å². The minimum atomic E-state index is -0.570. The third-order valence-electron chi connectivity index (χ3n) is 4.22. The van der Waals surface area contributed by atoms with Crippen LogP contribution in [0.4, 0.5) is 5.69 Å². The molecule has 3 aromatic rings. The molecule has 1 unspecified atom stereocenters. The van der Waals surface area contributed by atoms with Crippen LogP contribution in [0.1, 0.15) is 11.8 Å². The van der Waals surface area contributed by atoms with Gasteiger partial charge < -0.3 is 19.9 Å². The van der Waals surface area contributed by atoms with Crippen LogP contribution in [0.2, 0.25) is 0 Å². The second kappa shape index (κ2) is 8.30. The number of phenolic OH excluding ortho intramolecular Hbond substituents is 1. The normalized spacial score (nSPS) is 14.6. The molecule has 2 heterocycles. The summed E-state index contributed by atoms with van der Waals surface area (Å²) in [6, 6.07) is 10.9. The van der Waals surface area contributed by atoms with E-state index in [4.69, 9.17) is 9.47 Å². The Morgan fingerprint density at radius 1 is 1.31 bits per heavy atom. The number of methoxy groups -OCH3 is 1. The Kier molecular flexibility index (Phi) is 5.59. The fourth-order valence-corrected chi connectivity index (χ4v) is 3.75. The van der Waals surface area contributed by atoms with Crippen molar-refractivity contribution in [3.05, 3.63) is 59.1 Å². The highest BCUT2D eigenvalue weighted by Crippen LogP contribution is 2.41. The van der Waals surface area contributed by atoms with Gasteiger partial charge >= 0.3 is 0 Å². The number of benzene rings is 2. The number of hydrogen-bond donors (Lipinski definition) is 2. The Bertz CT molecular complexity index is 1080. The molecular weight excluding hydrogens is 456 g/mol. The average molecular weight is 473 g/mol. The van der Waals surface area contributed by atoms with Gasteiger partial charge in [-0.1, -0.05) is 33.8 Å². The van der Waals surface area contributed by atoms with Crippen LogP contribution < -0.4 is 14.8 Å². The summed E-state index contributed by atoms with van der Waals surface area (Å²) in [5, 5.41) is 22.4. The van der Waals surface area contributed by atoms with Gasteiger partial charge in [0.1, 0.15) is 0 Å². The Labute approximate surface area is 180 Å². The quantitative estimate of drug-likeness (QED) is 0.404. The zero-order valence-electron chi connectivity index (χ0n) is 15.4. The van der Waals surface area contributed by atoms with Crippen molar-refractivity contribution < 1.29 is 14.6 Å². The van der Waals surface area contributed by atoms with E-state index in [2.05, 4.69) is 43.0 Å². The number of fused-ring (bicyclic) bond motifs is 3. The van der Waals surface area contributed by atoms with Crippen LogP contribution in [0.5, 0.6) is 17.4 Å². The number of hydrogen-bond acceptors (Lipinski definition) is 8. The molecule has 0 amide bonds. The first kappa shape index (κ1) is 19.5. The lowest BCUT2D eigenvalue weighted by Gasteiger charge is -2.20. The van der Waals surface area contributed by atoms with E-state index in [0.29, 0.717) is 28.2 Å². The van der Waals surface area contributed by atoms with Crippen LogP contribution in [-0.2, 0) is 0 Å². The van der Waals surface area contributed by atoms with Crippen molar-refractivity contribution in [3.8, 4) is 28.6 Å². The Hall–Kier alpha value is -2.78. The molecular formula is C20H17BrN4O3S. The molecule has 0 saturated heterocycles. The van der Waals surface area contributed by atoms with Crippen LogP contribution in [0, 0.1) is 0 Å². The van der Waals surface area contributed by atoms with Crippen molar-refractivity contribution in [2.24, 2.45) is 0 Å². The molecule has 9 heteroatoms. The standard InChI is InChI=1S/C20H17BrN4O3S/c1-3-8-29-20-23-19-17(24-25-20)13-10-12(21)5-6-14(13)22-18(28-19)11-4-7-15(26)16(9-11)27-2/h3-7,9-10,18,22,26H,1,8H2,2H3. The number of phenols is 1. The topological polar surface area (TPSA) is 89.4 Å². The number of aromatic nitrogens is 3. The molecule has 1 aromatic heterocycles. The molecule has 0 saturated carbocycles. The summed E-state index contributed by atoms with van der Waals surface area (Å²) in [4.78, 5) is 4.56. The Morgan fingerprint density at radius 2 is 2.17 bits per heavy atom. The molecule has 0 radical (unpaired) electrons. The zero-order chi connectivity index (χ0) is 20.4. The number of halogens is 1. The highest BCUT2D eigenvalue weighted by molar-refractivity contribution is 9.10. The van der Waals surface area contributed by atoms with Crippen molar-refractivity contribution in [2.45, 2.75) is 11.4 Å². The van der Waals surface area contributed by atoms with E-state index in [0.717, 1.165) is 21.3 Å². The van der Waals surface area contributed by atoms with Gasteiger partial charge in [0.05, 0.1) is 7.11 Å². The predicted molar refractivity (Wildman–Crippen MR) is 116 cm³/mol. The highest BCUT2D eigenvalue weighted by Gasteiger charge is 2.27. The summed E-state index contributed by atoms with van der Waals surface area (Å²) < 4.78 is 12.3. The van der Waals surface area contributed by atoms with Gasteiger partial charge in [-0.2, -0.15) is 4.98 Å². The van der Waals surface area contributed by atoms with E-state index in [-0.39, 0.29) is 5.75 Å². The van der Waals surface area contributed by atoms with Crippen molar-refractivity contribution in [1.29, 1.82) is 0 Å². The van der Waals surface area contributed by atoms with Crippen molar-refractivity contribution in [2.75, 3.05) is 18.2 Å². The Morgan fingerprint density at radius 3 is 2.97 bits per heavy atom. The molecule has 0 spiro atoms. The van der Waals surface area contributed by atoms with Crippen LogP contribution in [0.15, 0.2) is 58.7 Å². The fourth-order valence-electron chi connectivity index (χ4n) is 2.87. The highest BCUT2D eigenvalue weighted by atomic mass is 79.9. The smallest absolute Gasteiger partial charge is 0.247 e. The molecule has 0 aliphatic carbocycles. The van der Waals surface area contributed by atoms with Crippen LogP contribution in [0.25, 0.3) is 11.3 Å². The zero-order valence-corrected chi connectivity index (χ0v) is 17.8. The lowest BCUT2D eigenvalue weighted by molar-refractivity contribution is 0.224. The third kappa shape index (κ3) is 4.01. The van der Waals surface area contributed by atoms with Crippen LogP contribution in [0.3, 0.4) is 0 Å². The van der Waals surface area contributed by atoms with Crippen LogP contribution in [-0.4, -0.2) is 33.2 Å². The molecule has 7 nitrogen and oxygen atoms in total. The maximum absolute atomic E-state index is 9.92. The number of rotatable bonds is 5. The Balaban J connectivity index is 1.82.